The van der Waals surface area contributed by atoms with Crippen LogP contribution in [-0.2, 0) is 6.42 Å². The molecule has 2 aromatic rings. The van der Waals surface area contributed by atoms with Gasteiger partial charge in [0.2, 0.25) is 0 Å². The third-order valence-electron chi connectivity index (χ3n) is 3.63. The fourth-order valence-corrected chi connectivity index (χ4v) is 2.31. The Bertz CT molecular complexity index is 599. The van der Waals surface area contributed by atoms with Gasteiger partial charge in [-0.05, 0) is 30.9 Å². The number of benzene rings is 1. The lowest BCUT2D eigenvalue weighted by Gasteiger charge is -2.08. The molecule has 4 nitrogen and oxygen atoms in total. The number of carbonyl (C=O) groups excluding carboxylic acids is 1. The van der Waals surface area contributed by atoms with Gasteiger partial charge in [0.05, 0.1) is 11.3 Å². The van der Waals surface area contributed by atoms with E-state index in [2.05, 4.69) is 34.7 Å². The third kappa shape index (κ3) is 6.10. The maximum Gasteiger partial charge on any atom is 0.252 e. The summed E-state index contributed by atoms with van der Waals surface area (Å²) in [4.78, 5) is 16.3. The van der Waals surface area contributed by atoms with Crippen LogP contribution >= 0.6 is 0 Å². The minimum Gasteiger partial charge on any atom is -0.384 e. The highest BCUT2D eigenvalue weighted by molar-refractivity contribution is 5.94. The number of nitrogens with one attached hydrogen (secondary N) is 2. The SMILES string of the molecule is CCCCNc1cncc(C(=O)NCCCc2ccccc2)c1. The average Bonchev–Trinajstić information content (AvgIpc) is 2.60. The summed E-state index contributed by atoms with van der Waals surface area (Å²) in [5.74, 6) is -0.0651. The number of rotatable bonds is 9. The molecule has 2 rings (SSSR count). The van der Waals surface area contributed by atoms with Gasteiger partial charge in [0, 0.05) is 25.5 Å². The second-order valence-electron chi connectivity index (χ2n) is 5.59. The molecule has 0 fully saturated rings. The molecule has 1 aromatic heterocycles. The molecule has 2 N–H and O–H groups in total. The number of nitrogens with zero attached hydrogens (tertiary/aromatic N) is 1. The summed E-state index contributed by atoms with van der Waals surface area (Å²) in [5.41, 5.74) is 2.80. The lowest BCUT2D eigenvalue weighted by atomic mass is 10.1. The first-order chi connectivity index (χ1) is 11.3. The number of aryl methyl sites for hydroxylation is 1. The van der Waals surface area contributed by atoms with Crippen molar-refractivity contribution < 1.29 is 4.79 Å². The number of hydrogen-bond donors (Lipinski definition) is 2. The molecule has 0 bridgehead atoms. The van der Waals surface area contributed by atoms with Crippen molar-refractivity contribution in [2.45, 2.75) is 32.6 Å². The predicted octanol–water partition coefficient (Wildman–Crippen LogP) is 3.66. The van der Waals surface area contributed by atoms with E-state index in [-0.39, 0.29) is 5.91 Å². The topological polar surface area (TPSA) is 54.0 Å². The predicted molar refractivity (Wildman–Crippen MR) is 94.7 cm³/mol. The zero-order valence-electron chi connectivity index (χ0n) is 13.7. The van der Waals surface area contributed by atoms with Crippen LogP contribution in [0.4, 0.5) is 5.69 Å². The summed E-state index contributed by atoms with van der Waals surface area (Å²) in [6, 6.07) is 12.2. The van der Waals surface area contributed by atoms with E-state index in [4.69, 9.17) is 0 Å². The Morgan fingerprint density at radius 1 is 1.09 bits per heavy atom. The number of pyridine rings is 1. The number of amides is 1. The molecule has 0 radical (unpaired) electrons. The molecule has 0 unspecified atom stereocenters. The van der Waals surface area contributed by atoms with Crippen molar-refractivity contribution in [2.75, 3.05) is 18.4 Å². The normalized spacial score (nSPS) is 10.3. The third-order valence-corrected chi connectivity index (χ3v) is 3.63. The highest BCUT2D eigenvalue weighted by Gasteiger charge is 2.06. The van der Waals surface area contributed by atoms with Crippen LogP contribution in [0.1, 0.15) is 42.1 Å². The second kappa shape index (κ2) is 9.62. The van der Waals surface area contributed by atoms with E-state index in [0.717, 1.165) is 37.9 Å². The van der Waals surface area contributed by atoms with E-state index in [1.165, 1.54) is 5.56 Å². The smallest absolute Gasteiger partial charge is 0.252 e. The largest absolute Gasteiger partial charge is 0.384 e. The molecule has 4 heteroatoms. The van der Waals surface area contributed by atoms with Gasteiger partial charge >= 0.3 is 0 Å². The Balaban J connectivity index is 1.75. The van der Waals surface area contributed by atoms with Crippen LogP contribution in [-0.4, -0.2) is 24.0 Å². The quantitative estimate of drug-likeness (QED) is 0.695. The van der Waals surface area contributed by atoms with E-state index >= 15 is 0 Å². The fourth-order valence-electron chi connectivity index (χ4n) is 2.31. The standard InChI is InChI=1S/C19H25N3O/c1-2-3-11-21-18-13-17(14-20-15-18)19(23)22-12-7-10-16-8-5-4-6-9-16/h4-6,8-9,13-15,21H,2-3,7,10-12H2,1H3,(H,22,23). The molecule has 23 heavy (non-hydrogen) atoms. The van der Waals surface area contributed by atoms with E-state index in [0.29, 0.717) is 12.1 Å². The van der Waals surface area contributed by atoms with Crippen molar-refractivity contribution in [3.63, 3.8) is 0 Å². The highest BCUT2D eigenvalue weighted by Crippen LogP contribution is 2.09. The van der Waals surface area contributed by atoms with Crippen LogP contribution in [0.5, 0.6) is 0 Å². The number of unbranched alkanes of at least 4 members (excludes halogenated alkanes) is 1. The maximum absolute atomic E-state index is 12.2. The molecule has 1 aromatic carbocycles. The van der Waals surface area contributed by atoms with Gasteiger partial charge in [-0.15, -0.1) is 0 Å². The lowest BCUT2D eigenvalue weighted by molar-refractivity contribution is 0.0953. The van der Waals surface area contributed by atoms with E-state index < -0.39 is 0 Å². The van der Waals surface area contributed by atoms with Crippen LogP contribution in [0, 0.1) is 0 Å². The number of aromatic nitrogens is 1. The Hall–Kier alpha value is -2.36. The van der Waals surface area contributed by atoms with Gasteiger partial charge in [-0.1, -0.05) is 43.7 Å². The zero-order valence-corrected chi connectivity index (χ0v) is 13.7. The molecular weight excluding hydrogens is 286 g/mol. The van der Waals surface area contributed by atoms with Gasteiger partial charge in [-0.3, -0.25) is 9.78 Å². The molecule has 0 spiro atoms. The number of anilines is 1. The van der Waals surface area contributed by atoms with Crippen molar-refractivity contribution in [3.05, 3.63) is 59.9 Å². The molecule has 0 saturated heterocycles. The van der Waals surface area contributed by atoms with E-state index in [9.17, 15) is 4.79 Å². The first kappa shape index (κ1) is 17.0. The van der Waals surface area contributed by atoms with E-state index in [1.807, 2.05) is 24.3 Å². The summed E-state index contributed by atoms with van der Waals surface area (Å²) in [7, 11) is 0. The van der Waals surface area contributed by atoms with Gasteiger partial charge in [0.25, 0.3) is 5.91 Å². The minimum absolute atomic E-state index is 0.0651. The number of hydrogen-bond acceptors (Lipinski definition) is 3. The summed E-state index contributed by atoms with van der Waals surface area (Å²) < 4.78 is 0. The van der Waals surface area contributed by atoms with Gasteiger partial charge in [0.15, 0.2) is 0 Å². The van der Waals surface area contributed by atoms with Crippen LogP contribution < -0.4 is 10.6 Å². The van der Waals surface area contributed by atoms with Gasteiger partial charge in [0.1, 0.15) is 0 Å². The molecule has 0 aliphatic rings. The molecule has 1 heterocycles. The fraction of sp³-hybridized carbons (Fsp3) is 0.368. The molecular formula is C19H25N3O. The van der Waals surface area contributed by atoms with E-state index in [1.54, 1.807) is 12.4 Å². The molecule has 1 amide bonds. The van der Waals surface area contributed by atoms with Crippen molar-refractivity contribution in [1.29, 1.82) is 0 Å². The Labute approximate surface area is 138 Å². The summed E-state index contributed by atoms with van der Waals surface area (Å²) in [6.45, 7) is 3.72. The van der Waals surface area contributed by atoms with Gasteiger partial charge in [-0.2, -0.15) is 0 Å². The van der Waals surface area contributed by atoms with Crippen LogP contribution in [0.3, 0.4) is 0 Å². The molecule has 122 valence electrons. The minimum atomic E-state index is -0.0651. The Morgan fingerprint density at radius 2 is 1.91 bits per heavy atom. The second-order valence-corrected chi connectivity index (χ2v) is 5.59. The van der Waals surface area contributed by atoms with Crippen molar-refractivity contribution in [2.24, 2.45) is 0 Å². The summed E-state index contributed by atoms with van der Waals surface area (Å²) in [6.07, 6.45) is 7.51. The van der Waals surface area contributed by atoms with Crippen molar-refractivity contribution >= 4 is 11.6 Å². The van der Waals surface area contributed by atoms with Crippen LogP contribution in [0.2, 0.25) is 0 Å². The first-order valence-electron chi connectivity index (χ1n) is 8.30. The van der Waals surface area contributed by atoms with Gasteiger partial charge < -0.3 is 10.6 Å². The maximum atomic E-state index is 12.2. The summed E-state index contributed by atoms with van der Waals surface area (Å²) in [5, 5.41) is 6.24. The zero-order chi connectivity index (χ0) is 16.3. The average molecular weight is 311 g/mol. The lowest BCUT2D eigenvalue weighted by Crippen LogP contribution is -2.25. The van der Waals surface area contributed by atoms with Crippen molar-refractivity contribution in [1.82, 2.24) is 10.3 Å². The molecule has 0 aliphatic carbocycles. The first-order valence-corrected chi connectivity index (χ1v) is 8.30. The highest BCUT2D eigenvalue weighted by atomic mass is 16.1. The van der Waals surface area contributed by atoms with Crippen molar-refractivity contribution in [3.8, 4) is 0 Å². The van der Waals surface area contributed by atoms with Gasteiger partial charge in [-0.25, -0.2) is 0 Å². The Morgan fingerprint density at radius 3 is 2.70 bits per heavy atom. The Kier molecular flexibility index (Phi) is 7.11. The monoisotopic (exact) mass is 311 g/mol. The molecule has 0 atom stereocenters. The molecule has 0 saturated carbocycles. The van der Waals surface area contributed by atoms with Crippen LogP contribution in [0.25, 0.3) is 0 Å². The summed E-state index contributed by atoms with van der Waals surface area (Å²) >= 11 is 0. The number of carbonyl (C=O) groups is 1. The molecule has 0 aliphatic heterocycles. The van der Waals surface area contributed by atoms with Crippen LogP contribution in [0.15, 0.2) is 48.8 Å².